The molecule has 0 unspecified atom stereocenters. The van der Waals surface area contributed by atoms with Crippen molar-refractivity contribution < 1.29 is 19.1 Å². The van der Waals surface area contributed by atoms with Gasteiger partial charge in [-0.3, -0.25) is 9.59 Å². The number of rotatable bonds is 9. The summed E-state index contributed by atoms with van der Waals surface area (Å²) in [6.07, 6.45) is 0. The Kier molecular flexibility index (Phi) is 8.07. The molecule has 0 bridgehead atoms. The molecule has 0 heterocycles. The van der Waals surface area contributed by atoms with E-state index in [1.165, 1.54) is 4.90 Å². The van der Waals surface area contributed by atoms with Crippen LogP contribution in [0.1, 0.15) is 30.5 Å². The monoisotopic (exact) mass is 398 g/mol. The van der Waals surface area contributed by atoms with Crippen molar-refractivity contribution in [3.05, 3.63) is 59.2 Å². The van der Waals surface area contributed by atoms with Crippen molar-refractivity contribution in [2.75, 3.05) is 20.3 Å². The van der Waals surface area contributed by atoms with Crippen LogP contribution in [0.4, 0.5) is 0 Å². The third kappa shape index (κ3) is 6.24. The van der Waals surface area contributed by atoms with E-state index >= 15 is 0 Å². The Morgan fingerprint density at radius 2 is 1.69 bits per heavy atom. The van der Waals surface area contributed by atoms with E-state index in [0.29, 0.717) is 18.8 Å². The van der Waals surface area contributed by atoms with Crippen LogP contribution in [-0.4, -0.2) is 43.0 Å². The number of amides is 2. The minimum absolute atomic E-state index is 0.137. The molecule has 6 nitrogen and oxygen atoms in total. The Morgan fingerprint density at radius 1 is 1.03 bits per heavy atom. The Hall–Kier alpha value is -3.02. The zero-order valence-electron chi connectivity index (χ0n) is 17.8. The summed E-state index contributed by atoms with van der Waals surface area (Å²) in [6.45, 7) is 8.27. The molecule has 156 valence electrons. The number of hydrogen-bond donors (Lipinski definition) is 1. The molecule has 0 saturated heterocycles. The van der Waals surface area contributed by atoms with Crippen molar-refractivity contribution in [3.63, 3.8) is 0 Å². The van der Waals surface area contributed by atoms with Crippen LogP contribution >= 0.6 is 0 Å². The molecule has 0 spiro atoms. The highest BCUT2D eigenvalue weighted by Gasteiger charge is 2.26. The minimum atomic E-state index is -0.618. The molecular weight excluding hydrogens is 368 g/mol. The molecule has 0 fully saturated rings. The van der Waals surface area contributed by atoms with Gasteiger partial charge in [-0.15, -0.1) is 0 Å². The average molecular weight is 399 g/mol. The van der Waals surface area contributed by atoms with Crippen LogP contribution in [0.5, 0.6) is 11.5 Å². The lowest BCUT2D eigenvalue weighted by molar-refractivity contribution is -0.142. The predicted octanol–water partition coefficient (Wildman–Crippen LogP) is 3.24. The van der Waals surface area contributed by atoms with E-state index in [1.54, 1.807) is 14.0 Å². The van der Waals surface area contributed by atoms with Crippen molar-refractivity contribution >= 4 is 11.8 Å². The molecule has 0 aliphatic carbocycles. The average Bonchev–Trinajstić information content (AvgIpc) is 2.72. The number of hydrogen-bond acceptors (Lipinski definition) is 4. The van der Waals surface area contributed by atoms with E-state index < -0.39 is 6.04 Å². The van der Waals surface area contributed by atoms with Gasteiger partial charge in [0, 0.05) is 13.1 Å². The summed E-state index contributed by atoms with van der Waals surface area (Å²) in [4.78, 5) is 26.8. The van der Waals surface area contributed by atoms with E-state index in [4.69, 9.17) is 9.47 Å². The van der Waals surface area contributed by atoms with Gasteiger partial charge in [0.25, 0.3) is 5.91 Å². The number of carbonyl (C=O) groups excluding carboxylic acids is 2. The highest BCUT2D eigenvalue weighted by molar-refractivity contribution is 5.87. The van der Waals surface area contributed by atoms with E-state index in [-0.39, 0.29) is 18.4 Å². The molecular formula is C23H30N2O4. The van der Waals surface area contributed by atoms with Crippen LogP contribution in [0, 0.1) is 13.8 Å². The fraction of sp³-hybridized carbons (Fsp3) is 0.391. The Labute approximate surface area is 172 Å². The summed E-state index contributed by atoms with van der Waals surface area (Å²) >= 11 is 0. The van der Waals surface area contributed by atoms with Crippen molar-refractivity contribution in [2.45, 2.75) is 40.3 Å². The number of likely N-dealkylation sites (N-methyl/N-ethyl adjacent to an activating group) is 1. The predicted molar refractivity (Wildman–Crippen MR) is 113 cm³/mol. The van der Waals surface area contributed by atoms with Crippen LogP contribution in [0.15, 0.2) is 42.5 Å². The molecule has 0 radical (unpaired) electrons. The third-order valence-electron chi connectivity index (χ3n) is 4.87. The SMILES string of the molecule is CCNC(=O)[C@H](C)N(Cc1ccc(OC)cc1)C(=O)COc1ccc(C)c(C)c1. The Balaban J connectivity index is 2.14. The number of nitrogens with one attached hydrogen (secondary N) is 1. The molecule has 0 aliphatic heterocycles. The number of benzene rings is 2. The van der Waals surface area contributed by atoms with E-state index in [2.05, 4.69) is 5.32 Å². The van der Waals surface area contributed by atoms with Gasteiger partial charge >= 0.3 is 0 Å². The number of nitrogens with zero attached hydrogens (tertiary/aromatic N) is 1. The van der Waals surface area contributed by atoms with Crippen molar-refractivity contribution in [1.29, 1.82) is 0 Å². The number of aryl methyl sites for hydroxylation is 2. The zero-order chi connectivity index (χ0) is 21.4. The standard InChI is InChI=1S/C23H30N2O4/c1-6-24-23(27)18(4)25(14-19-8-11-20(28-5)12-9-19)22(26)15-29-21-10-7-16(2)17(3)13-21/h7-13,18H,6,14-15H2,1-5H3,(H,24,27)/t18-/m0/s1. The van der Waals surface area contributed by atoms with Crippen molar-refractivity contribution in [2.24, 2.45) is 0 Å². The van der Waals surface area contributed by atoms with Crippen LogP contribution < -0.4 is 14.8 Å². The first-order valence-electron chi connectivity index (χ1n) is 9.75. The highest BCUT2D eigenvalue weighted by atomic mass is 16.5. The van der Waals surface area contributed by atoms with Gasteiger partial charge in [-0.05, 0) is 68.7 Å². The second kappa shape index (κ2) is 10.5. The molecule has 1 atom stereocenters. The van der Waals surface area contributed by atoms with E-state index in [1.807, 2.05) is 63.2 Å². The van der Waals surface area contributed by atoms with Gasteiger partial charge in [-0.2, -0.15) is 0 Å². The maximum Gasteiger partial charge on any atom is 0.261 e. The van der Waals surface area contributed by atoms with Crippen LogP contribution in [-0.2, 0) is 16.1 Å². The molecule has 2 aromatic rings. The fourth-order valence-corrected chi connectivity index (χ4v) is 2.86. The zero-order valence-corrected chi connectivity index (χ0v) is 17.8. The molecule has 1 N–H and O–H groups in total. The Morgan fingerprint density at radius 3 is 2.28 bits per heavy atom. The molecule has 6 heteroatoms. The van der Waals surface area contributed by atoms with Crippen molar-refractivity contribution in [1.82, 2.24) is 10.2 Å². The first kappa shape index (κ1) is 22.3. The van der Waals surface area contributed by atoms with Crippen LogP contribution in [0.3, 0.4) is 0 Å². The lowest BCUT2D eigenvalue weighted by atomic mass is 10.1. The number of ether oxygens (including phenoxy) is 2. The minimum Gasteiger partial charge on any atom is -0.497 e. The molecule has 2 rings (SSSR count). The van der Waals surface area contributed by atoms with Crippen molar-refractivity contribution in [3.8, 4) is 11.5 Å². The van der Waals surface area contributed by atoms with Gasteiger partial charge in [-0.1, -0.05) is 18.2 Å². The van der Waals surface area contributed by atoms with Gasteiger partial charge in [0.05, 0.1) is 7.11 Å². The summed E-state index contributed by atoms with van der Waals surface area (Å²) in [5.41, 5.74) is 3.16. The van der Waals surface area contributed by atoms with Gasteiger partial charge in [0.2, 0.25) is 5.91 Å². The first-order chi connectivity index (χ1) is 13.8. The summed E-state index contributed by atoms with van der Waals surface area (Å²) in [6, 6.07) is 12.5. The first-order valence-corrected chi connectivity index (χ1v) is 9.75. The molecule has 0 saturated carbocycles. The molecule has 29 heavy (non-hydrogen) atoms. The molecule has 0 aromatic heterocycles. The number of carbonyl (C=O) groups is 2. The highest BCUT2D eigenvalue weighted by Crippen LogP contribution is 2.18. The van der Waals surface area contributed by atoms with Gasteiger partial charge in [0.15, 0.2) is 6.61 Å². The second-order valence-electron chi connectivity index (χ2n) is 6.98. The third-order valence-corrected chi connectivity index (χ3v) is 4.87. The lowest BCUT2D eigenvalue weighted by Gasteiger charge is -2.28. The summed E-state index contributed by atoms with van der Waals surface area (Å²) in [5.74, 6) is 0.927. The normalized spacial score (nSPS) is 11.5. The van der Waals surface area contributed by atoms with Gasteiger partial charge < -0.3 is 19.7 Å². The molecule has 0 aliphatic rings. The summed E-state index contributed by atoms with van der Waals surface area (Å²) < 4.78 is 10.9. The molecule has 2 amide bonds. The van der Waals surface area contributed by atoms with Gasteiger partial charge in [0.1, 0.15) is 17.5 Å². The second-order valence-corrected chi connectivity index (χ2v) is 6.98. The maximum absolute atomic E-state index is 12.9. The summed E-state index contributed by atoms with van der Waals surface area (Å²) in [5, 5.41) is 2.78. The van der Waals surface area contributed by atoms with Crippen LogP contribution in [0.2, 0.25) is 0 Å². The quantitative estimate of drug-likeness (QED) is 0.704. The maximum atomic E-state index is 12.9. The van der Waals surface area contributed by atoms with E-state index in [0.717, 1.165) is 22.4 Å². The Bertz CT molecular complexity index is 833. The topological polar surface area (TPSA) is 67.9 Å². The van der Waals surface area contributed by atoms with Gasteiger partial charge in [-0.25, -0.2) is 0 Å². The largest absolute Gasteiger partial charge is 0.497 e. The number of methoxy groups -OCH3 is 1. The molecule has 2 aromatic carbocycles. The van der Waals surface area contributed by atoms with Crippen LogP contribution in [0.25, 0.3) is 0 Å². The smallest absolute Gasteiger partial charge is 0.261 e. The summed E-state index contributed by atoms with van der Waals surface area (Å²) in [7, 11) is 1.60. The lowest BCUT2D eigenvalue weighted by Crippen LogP contribution is -2.49. The van der Waals surface area contributed by atoms with E-state index in [9.17, 15) is 9.59 Å². The fourth-order valence-electron chi connectivity index (χ4n) is 2.86.